The molecule has 0 aliphatic carbocycles. The highest BCUT2D eigenvalue weighted by Gasteiger charge is 2.15. The number of hydrogen-bond acceptors (Lipinski definition) is 3. The summed E-state index contributed by atoms with van der Waals surface area (Å²) in [6.45, 7) is 5.11. The normalized spacial score (nSPS) is 14.1. The van der Waals surface area contributed by atoms with E-state index >= 15 is 0 Å². The molecular weight excluding hydrogens is 475 g/mol. The van der Waals surface area contributed by atoms with Crippen LogP contribution in [0, 0.1) is 0 Å². The van der Waals surface area contributed by atoms with E-state index in [0.29, 0.717) is 13.1 Å². The Balaban J connectivity index is 0.00000261. The number of aromatic nitrogens is 3. The number of aryl methyl sites for hydroxylation is 1. The zero-order valence-corrected chi connectivity index (χ0v) is 19.1. The summed E-state index contributed by atoms with van der Waals surface area (Å²) in [5, 5.41) is 12.9. The number of benzene rings is 1. The third kappa shape index (κ3) is 5.81. The van der Waals surface area contributed by atoms with Gasteiger partial charge in [-0.25, -0.2) is 4.99 Å². The predicted molar refractivity (Wildman–Crippen MR) is 121 cm³/mol. The Morgan fingerprint density at radius 1 is 1.26 bits per heavy atom. The number of halogens is 2. The topological polar surface area (TPSA) is 58.3 Å². The number of aliphatic imine (C=N–C) groups is 1. The maximum Gasteiger partial charge on any atom is 0.194 e. The van der Waals surface area contributed by atoms with Crippen molar-refractivity contribution in [2.24, 2.45) is 4.99 Å². The van der Waals surface area contributed by atoms with Crippen molar-refractivity contribution in [1.82, 2.24) is 25.0 Å². The molecule has 0 radical (unpaired) electrons. The van der Waals surface area contributed by atoms with Crippen molar-refractivity contribution in [3.05, 3.63) is 46.5 Å². The molecule has 0 spiro atoms. The zero-order chi connectivity index (χ0) is 18.4. The molecule has 1 aliphatic heterocycles. The van der Waals surface area contributed by atoms with Crippen LogP contribution in [0.15, 0.2) is 29.3 Å². The molecule has 8 heteroatoms. The lowest BCUT2D eigenvalue weighted by Crippen LogP contribution is -2.38. The van der Waals surface area contributed by atoms with Crippen LogP contribution in [0.25, 0.3) is 0 Å². The first-order valence-corrected chi connectivity index (χ1v) is 9.70. The number of fused-ring (bicyclic) bond motifs is 1. The number of guanidine groups is 1. The maximum atomic E-state index is 6.29. The van der Waals surface area contributed by atoms with Gasteiger partial charge in [-0.1, -0.05) is 36.2 Å². The van der Waals surface area contributed by atoms with Gasteiger partial charge in [-0.15, -0.1) is 34.2 Å². The Morgan fingerprint density at radius 2 is 2.07 bits per heavy atom. The molecule has 27 heavy (non-hydrogen) atoms. The number of nitrogens with zero attached hydrogens (tertiary/aromatic N) is 5. The van der Waals surface area contributed by atoms with E-state index in [0.717, 1.165) is 47.7 Å². The van der Waals surface area contributed by atoms with Crippen molar-refractivity contribution in [1.29, 1.82) is 0 Å². The first-order valence-electron chi connectivity index (χ1n) is 9.33. The van der Waals surface area contributed by atoms with E-state index in [1.807, 2.05) is 31.3 Å². The van der Waals surface area contributed by atoms with Crippen molar-refractivity contribution < 1.29 is 0 Å². The van der Waals surface area contributed by atoms with E-state index in [4.69, 9.17) is 16.6 Å². The lowest BCUT2D eigenvalue weighted by Gasteiger charge is -2.22. The third-order valence-electron chi connectivity index (χ3n) is 4.62. The van der Waals surface area contributed by atoms with Gasteiger partial charge < -0.3 is 14.8 Å². The molecule has 2 aromatic rings. The zero-order valence-electron chi connectivity index (χ0n) is 16.0. The van der Waals surface area contributed by atoms with Crippen LogP contribution in [0.1, 0.15) is 43.4 Å². The summed E-state index contributed by atoms with van der Waals surface area (Å²) in [5.41, 5.74) is 1.08. The maximum absolute atomic E-state index is 6.29. The summed E-state index contributed by atoms with van der Waals surface area (Å²) in [5.74, 6) is 2.89. The molecule has 0 saturated carbocycles. The van der Waals surface area contributed by atoms with Crippen LogP contribution >= 0.6 is 35.6 Å². The minimum absolute atomic E-state index is 0. The molecule has 0 bridgehead atoms. The van der Waals surface area contributed by atoms with Crippen LogP contribution in [0.3, 0.4) is 0 Å². The molecular formula is C19H28ClIN6. The van der Waals surface area contributed by atoms with Gasteiger partial charge in [0.05, 0.1) is 0 Å². The molecule has 0 saturated heterocycles. The smallest absolute Gasteiger partial charge is 0.194 e. The molecule has 3 rings (SSSR count). The average molecular weight is 503 g/mol. The average Bonchev–Trinajstić information content (AvgIpc) is 2.87. The summed E-state index contributed by atoms with van der Waals surface area (Å²) < 4.78 is 2.24. The Hall–Kier alpha value is -1.35. The first kappa shape index (κ1) is 21.9. The van der Waals surface area contributed by atoms with Gasteiger partial charge in [-0.05, 0) is 31.4 Å². The summed E-state index contributed by atoms with van der Waals surface area (Å²) in [4.78, 5) is 6.87. The van der Waals surface area contributed by atoms with E-state index in [-0.39, 0.29) is 24.0 Å². The summed E-state index contributed by atoms with van der Waals surface area (Å²) >= 11 is 6.29. The monoisotopic (exact) mass is 502 g/mol. The van der Waals surface area contributed by atoms with Gasteiger partial charge in [0.1, 0.15) is 12.4 Å². The van der Waals surface area contributed by atoms with Crippen molar-refractivity contribution in [2.75, 3.05) is 13.6 Å². The van der Waals surface area contributed by atoms with Gasteiger partial charge in [0.2, 0.25) is 0 Å². The van der Waals surface area contributed by atoms with E-state index in [9.17, 15) is 0 Å². The third-order valence-corrected chi connectivity index (χ3v) is 4.99. The van der Waals surface area contributed by atoms with Gasteiger partial charge in [0, 0.05) is 38.1 Å². The highest BCUT2D eigenvalue weighted by Crippen LogP contribution is 2.17. The summed E-state index contributed by atoms with van der Waals surface area (Å²) in [6, 6.07) is 7.91. The second-order valence-electron chi connectivity index (χ2n) is 6.61. The number of rotatable bonds is 5. The Morgan fingerprint density at radius 3 is 2.85 bits per heavy atom. The first-order chi connectivity index (χ1) is 12.7. The van der Waals surface area contributed by atoms with Gasteiger partial charge >= 0.3 is 0 Å². The van der Waals surface area contributed by atoms with Crippen LogP contribution in [-0.2, 0) is 26.1 Å². The number of hydrogen-bond donors (Lipinski definition) is 1. The quantitative estimate of drug-likeness (QED) is 0.383. The second-order valence-corrected chi connectivity index (χ2v) is 7.02. The van der Waals surface area contributed by atoms with Crippen LogP contribution < -0.4 is 5.32 Å². The van der Waals surface area contributed by atoms with Crippen molar-refractivity contribution in [3.63, 3.8) is 0 Å². The summed E-state index contributed by atoms with van der Waals surface area (Å²) in [7, 11) is 2.02. The fourth-order valence-electron chi connectivity index (χ4n) is 3.23. The van der Waals surface area contributed by atoms with E-state index in [1.54, 1.807) is 0 Å². The fourth-order valence-corrected chi connectivity index (χ4v) is 3.43. The van der Waals surface area contributed by atoms with E-state index in [2.05, 4.69) is 31.9 Å². The van der Waals surface area contributed by atoms with Crippen LogP contribution in [0.5, 0.6) is 0 Å². The highest BCUT2D eigenvalue weighted by atomic mass is 127. The molecule has 0 atom stereocenters. The minimum atomic E-state index is 0. The van der Waals surface area contributed by atoms with Crippen LogP contribution in [0.4, 0.5) is 0 Å². The molecule has 148 valence electrons. The van der Waals surface area contributed by atoms with Crippen LogP contribution in [-0.4, -0.2) is 39.2 Å². The highest BCUT2D eigenvalue weighted by molar-refractivity contribution is 14.0. The van der Waals surface area contributed by atoms with Gasteiger partial charge in [-0.2, -0.15) is 0 Å². The summed E-state index contributed by atoms with van der Waals surface area (Å²) in [6.07, 6.45) is 4.66. The Bertz CT molecular complexity index is 760. The lowest BCUT2D eigenvalue weighted by molar-refractivity contribution is 0.475. The molecule has 1 aromatic heterocycles. The standard InChI is InChI=1S/C19H27ClN6.HI/c1-3-21-19(25(2)14-15-9-6-7-10-16(15)20)22-13-18-24-23-17-11-5-4-8-12-26(17)18;/h6-7,9-10H,3-5,8,11-14H2,1-2H3,(H,21,22);1H. The Labute approximate surface area is 183 Å². The molecule has 0 unspecified atom stereocenters. The van der Waals surface area contributed by atoms with E-state index in [1.165, 1.54) is 19.3 Å². The SMILES string of the molecule is CCNC(=NCc1nnc2n1CCCCC2)N(C)Cc1ccccc1Cl.I. The largest absolute Gasteiger partial charge is 0.357 e. The second kappa shape index (κ2) is 10.8. The molecule has 0 amide bonds. The molecule has 2 heterocycles. The van der Waals surface area contributed by atoms with Crippen LogP contribution in [0.2, 0.25) is 5.02 Å². The van der Waals surface area contributed by atoms with E-state index < -0.39 is 0 Å². The van der Waals surface area contributed by atoms with Crippen molar-refractivity contribution >= 4 is 41.5 Å². The molecule has 1 aliphatic rings. The minimum Gasteiger partial charge on any atom is -0.357 e. The predicted octanol–water partition coefficient (Wildman–Crippen LogP) is 3.87. The Kier molecular flexibility index (Phi) is 8.82. The van der Waals surface area contributed by atoms with Gasteiger partial charge in [0.15, 0.2) is 11.8 Å². The van der Waals surface area contributed by atoms with Crippen molar-refractivity contribution in [2.45, 2.75) is 52.2 Å². The fraction of sp³-hybridized carbons (Fsp3) is 0.526. The molecule has 1 aromatic carbocycles. The molecule has 0 fully saturated rings. The molecule has 1 N–H and O–H groups in total. The van der Waals surface area contributed by atoms with Gasteiger partial charge in [-0.3, -0.25) is 0 Å². The van der Waals surface area contributed by atoms with Crippen molar-refractivity contribution in [3.8, 4) is 0 Å². The lowest BCUT2D eigenvalue weighted by atomic mass is 10.2. The molecule has 6 nitrogen and oxygen atoms in total. The number of nitrogens with one attached hydrogen (secondary N) is 1. The van der Waals surface area contributed by atoms with Gasteiger partial charge in [0.25, 0.3) is 0 Å².